The van der Waals surface area contributed by atoms with Gasteiger partial charge in [-0.25, -0.2) is 0 Å². The summed E-state index contributed by atoms with van der Waals surface area (Å²) in [5.41, 5.74) is 3.96. The highest BCUT2D eigenvalue weighted by Gasteiger charge is 2.07. The third-order valence-corrected chi connectivity index (χ3v) is 4.75. The fourth-order valence-electron chi connectivity index (χ4n) is 2.63. The number of halogens is 2. The Morgan fingerprint density at radius 3 is 2.39 bits per heavy atom. The van der Waals surface area contributed by atoms with E-state index in [1.807, 2.05) is 43.3 Å². The number of anilines is 1. The molecule has 28 heavy (non-hydrogen) atoms. The molecule has 0 radical (unpaired) electrons. The van der Waals surface area contributed by atoms with Crippen molar-refractivity contribution in [3.8, 4) is 5.75 Å². The van der Waals surface area contributed by atoms with Crippen LogP contribution in [0.2, 0.25) is 10.0 Å². The first-order valence-electron chi connectivity index (χ1n) is 8.57. The lowest BCUT2D eigenvalue weighted by molar-refractivity contribution is -0.384. The van der Waals surface area contributed by atoms with Crippen LogP contribution < -0.4 is 10.1 Å². The van der Waals surface area contributed by atoms with Gasteiger partial charge in [-0.15, -0.1) is 0 Å². The maximum Gasteiger partial charge on any atom is 0.269 e. The second-order valence-corrected chi connectivity index (χ2v) is 7.13. The van der Waals surface area contributed by atoms with Gasteiger partial charge in [-0.3, -0.25) is 10.1 Å². The molecule has 0 unspecified atom stereocenters. The van der Waals surface area contributed by atoms with Crippen molar-refractivity contribution in [2.75, 3.05) is 5.32 Å². The van der Waals surface area contributed by atoms with Crippen molar-refractivity contribution in [3.63, 3.8) is 0 Å². The summed E-state index contributed by atoms with van der Waals surface area (Å²) in [6.45, 7) is 2.89. The van der Waals surface area contributed by atoms with Crippen molar-refractivity contribution in [1.82, 2.24) is 0 Å². The van der Waals surface area contributed by atoms with E-state index >= 15 is 0 Å². The predicted molar refractivity (Wildman–Crippen MR) is 112 cm³/mol. The van der Waals surface area contributed by atoms with E-state index in [0.717, 1.165) is 22.4 Å². The Morgan fingerprint density at radius 1 is 1.00 bits per heavy atom. The topological polar surface area (TPSA) is 64.4 Å². The van der Waals surface area contributed by atoms with Crippen LogP contribution >= 0.6 is 23.2 Å². The quantitative estimate of drug-likeness (QED) is 0.357. The van der Waals surface area contributed by atoms with Gasteiger partial charge < -0.3 is 10.1 Å². The molecule has 3 rings (SSSR count). The molecule has 0 fully saturated rings. The minimum Gasteiger partial charge on any atom is -0.487 e. The molecule has 0 aliphatic rings. The van der Waals surface area contributed by atoms with E-state index in [2.05, 4.69) is 5.32 Å². The number of nitro groups is 1. The molecule has 144 valence electrons. The minimum absolute atomic E-state index is 0.0496. The molecule has 5 nitrogen and oxygen atoms in total. The second kappa shape index (κ2) is 8.95. The summed E-state index contributed by atoms with van der Waals surface area (Å²) in [6, 6.07) is 17.5. The lowest BCUT2D eigenvalue weighted by atomic mass is 10.1. The van der Waals surface area contributed by atoms with Crippen molar-refractivity contribution in [1.29, 1.82) is 0 Å². The third kappa shape index (κ3) is 5.15. The molecule has 3 aromatic carbocycles. The van der Waals surface area contributed by atoms with Crippen LogP contribution in [0, 0.1) is 17.0 Å². The number of rotatable bonds is 7. The summed E-state index contributed by atoms with van der Waals surface area (Å²) < 4.78 is 5.74. The molecule has 7 heteroatoms. The van der Waals surface area contributed by atoms with Gasteiger partial charge in [0.25, 0.3) is 5.69 Å². The first-order valence-corrected chi connectivity index (χ1v) is 9.32. The molecule has 0 heterocycles. The second-order valence-electron chi connectivity index (χ2n) is 6.29. The summed E-state index contributed by atoms with van der Waals surface area (Å²) in [5.74, 6) is 0.558. The molecule has 0 aliphatic carbocycles. The van der Waals surface area contributed by atoms with Gasteiger partial charge in [0, 0.05) is 29.4 Å². The van der Waals surface area contributed by atoms with Gasteiger partial charge in [0.05, 0.1) is 9.95 Å². The number of ether oxygens (including phenoxy) is 1. The normalized spacial score (nSPS) is 10.5. The van der Waals surface area contributed by atoms with E-state index in [1.165, 1.54) is 12.1 Å². The number of non-ortho nitro benzene ring substituents is 1. The largest absolute Gasteiger partial charge is 0.487 e. The minimum atomic E-state index is -0.431. The van der Waals surface area contributed by atoms with E-state index < -0.39 is 4.92 Å². The van der Waals surface area contributed by atoms with E-state index in [1.54, 1.807) is 12.1 Å². The summed E-state index contributed by atoms with van der Waals surface area (Å²) >= 11 is 12.4. The summed E-state index contributed by atoms with van der Waals surface area (Å²) in [6.07, 6.45) is 0. The van der Waals surface area contributed by atoms with Crippen LogP contribution in [0.25, 0.3) is 0 Å². The molecule has 0 amide bonds. The predicted octanol–water partition coefficient (Wildman–Crippen LogP) is 6.40. The number of hydrogen-bond acceptors (Lipinski definition) is 4. The smallest absolute Gasteiger partial charge is 0.269 e. The zero-order valence-corrected chi connectivity index (χ0v) is 16.6. The lowest BCUT2D eigenvalue weighted by Gasteiger charge is -2.12. The molecule has 0 saturated heterocycles. The Kier molecular flexibility index (Phi) is 6.39. The van der Waals surface area contributed by atoms with Gasteiger partial charge >= 0.3 is 0 Å². The third-order valence-electron chi connectivity index (χ3n) is 4.22. The van der Waals surface area contributed by atoms with Crippen LogP contribution in [0.5, 0.6) is 5.75 Å². The van der Waals surface area contributed by atoms with Gasteiger partial charge in [0.15, 0.2) is 0 Å². The molecule has 0 spiro atoms. The maximum absolute atomic E-state index is 10.7. The average molecular weight is 417 g/mol. The highest BCUT2D eigenvalue weighted by molar-refractivity contribution is 6.32. The highest BCUT2D eigenvalue weighted by Crippen LogP contribution is 2.27. The van der Waals surface area contributed by atoms with E-state index in [4.69, 9.17) is 27.9 Å². The fourth-order valence-corrected chi connectivity index (χ4v) is 3.06. The van der Waals surface area contributed by atoms with Gasteiger partial charge in [0.1, 0.15) is 12.4 Å². The molecule has 0 bridgehead atoms. The molecule has 0 atom stereocenters. The number of hydrogen-bond donors (Lipinski definition) is 1. The van der Waals surface area contributed by atoms with Crippen LogP contribution in [-0.2, 0) is 13.2 Å². The first-order chi connectivity index (χ1) is 13.4. The Bertz CT molecular complexity index is 991. The Morgan fingerprint density at radius 2 is 1.71 bits per heavy atom. The first kappa shape index (κ1) is 20.0. The number of nitrogens with zero attached hydrogens (tertiary/aromatic N) is 1. The molecule has 0 saturated carbocycles. The molecule has 0 aliphatic heterocycles. The lowest BCUT2D eigenvalue weighted by Crippen LogP contribution is -2.02. The van der Waals surface area contributed by atoms with Crippen molar-refractivity contribution in [3.05, 3.63) is 97.5 Å². The van der Waals surface area contributed by atoms with Crippen molar-refractivity contribution < 1.29 is 9.66 Å². The van der Waals surface area contributed by atoms with Crippen LogP contribution in [0.1, 0.15) is 16.7 Å². The molecule has 3 aromatic rings. The van der Waals surface area contributed by atoms with E-state index in [-0.39, 0.29) is 12.3 Å². The van der Waals surface area contributed by atoms with Crippen LogP contribution in [0.4, 0.5) is 11.4 Å². The monoisotopic (exact) mass is 416 g/mol. The van der Waals surface area contributed by atoms with Gasteiger partial charge in [-0.2, -0.15) is 0 Å². The number of aryl methyl sites for hydroxylation is 1. The highest BCUT2D eigenvalue weighted by atomic mass is 35.5. The molecule has 1 N–H and O–H groups in total. The van der Waals surface area contributed by atoms with Gasteiger partial charge in [0.2, 0.25) is 0 Å². The standard InChI is InChI=1S/C21H18Cl2N2O3/c1-14-2-6-17(22)11-20(14)24-12-16-5-9-21(19(23)10-16)28-13-15-3-7-18(8-4-15)25(26)27/h2-11,24H,12-13H2,1H3. The summed E-state index contributed by atoms with van der Waals surface area (Å²) in [5, 5.41) is 15.2. The van der Waals surface area contributed by atoms with Crippen LogP contribution in [0.15, 0.2) is 60.7 Å². The van der Waals surface area contributed by atoms with Crippen molar-refractivity contribution in [2.45, 2.75) is 20.1 Å². The molecular weight excluding hydrogens is 399 g/mol. The van der Waals surface area contributed by atoms with Crippen LogP contribution in [-0.4, -0.2) is 4.92 Å². The van der Waals surface area contributed by atoms with Crippen molar-refractivity contribution in [2.24, 2.45) is 0 Å². The maximum atomic E-state index is 10.7. The number of nitrogens with one attached hydrogen (secondary N) is 1. The summed E-state index contributed by atoms with van der Waals surface area (Å²) in [4.78, 5) is 10.3. The van der Waals surface area contributed by atoms with Gasteiger partial charge in [-0.05, 0) is 60.0 Å². The molecule has 0 aromatic heterocycles. The summed E-state index contributed by atoms with van der Waals surface area (Å²) in [7, 11) is 0. The Balaban J connectivity index is 1.60. The number of benzene rings is 3. The Labute approximate surface area is 173 Å². The SMILES string of the molecule is Cc1ccc(Cl)cc1NCc1ccc(OCc2ccc([N+](=O)[O-])cc2)c(Cl)c1. The number of nitro benzene ring substituents is 1. The fraction of sp³-hybridized carbons (Fsp3) is 0.143. The van der Waals surface area contributed by atoms with E-state index in [0.29, 0.717) is 22.3 Å². The average Bonchev–Trinajstić information content (AvgIpc) is 2.68. The zero-order valence-electron chi connectivity index (χ0n) is 15.1. The Hall–Kier alpha value is -2.76. The molecular formula is C21H18Cl2N2O3. The van der Waals surface area contributed by atoms with Crippen molar-refractivity contribution >= 4 is 34.6 Å². The van der Waals surface area contributed by atoms with E-state index in [9.17, 15) is 10.1 Å². The van der Waals surface area contributed by atoms with Crippen LogP contribution in [0.3, 0.4) is 0 Å². The zero-order chi connectivity index (χ0) is 20.1. The van der Waals surface area contributed by atoms with Gasteiger partial charge in [-0.1, -0.05) is 35.3 Å².